The Morgan fingerprint density at radius 2 is 1.33 bits per heavy atom. The molecule has 0 aliphatic carbocycles. The van der Waals surface area contributed by atoms with Crippen molar-refractivity contribution in [3.63, 3.8) is 0 Å². The van der Waals surface area contributed by atoms with Crippen LogP contribution in [0.25, 0.3) is 10.8 Å². The van der Waals surface area contributed by atoms with Crippen molar-refractivity contribution in [2.75, 3.05) is 31.1 Å². The molecule has 2 heterocycles. The van der Waals surface area contributed by atoms with Gasteiger partial charge in [0, 0.05) is 43.9 Å². The number of likely N-dealkylation sites (tertiary alicyclic amines) is 1. The lowest BCUT2D eigenvalue weighted by molar-refractivity contribution is -0.142. The third-order valence-corrected chi connectivity index (χ3v) is 15.1. The van der Waals surface area contributed by atoms with Gasteiger partial charge in [0.05, 0.1) is 19.0 Å². The molecule has 2 aliphatic rings. The number of phenols is 1. The monoisotopic (exact) mass is 1130 g/mol. The molecule has 0 aromatic heterocycles. The molecule has 20 N–H and O–H groups in total. The number of rotatable bonds is 19. The number of hydrogen-bond donors (Lipinski definition) is 14. The molecular weight excluding hydrogens is 1070 g/mol. The van der Waals surface area contributed by atoms with Gasteiger partial charge < -0.3 is 81.6 Å². The summed E-state index contributed by atoms with van der Waals surface area (Å²) in [5.74, 6) is -10.6. The van der Waals surface area contributed by atoms with Crippen LogP contribution in [0.2, 0.25) is 0 Å². The zero-order valence-electron chi connectivity index (χ0n) is 43.0. The Bertz CT molecular complexity index is 2760. The molecule has 79 heavy (non-hydrogen) atoms. The molecule has 29 heteroatoms. The summed E-state index contributed by atoms with van der Waals surface area (Å²) in [5, 5.41) is 29.4. The molecule has 3 aromatic rings. The van der Waals surface area contributed by atoms with E-state index in [1.807, 2.05) is 24.3 Å². The number of aromatic hydroxyl groups is 1. The quantitative estimate of drug-likeness (QED) is 0.0234. The summed E-state index contributed by atoms with van der Waals surface area (Å²) in [6.07, 6.45) is -1.46. The van der Waals surface area contributed by atoms with E-state index >= 15 is 0 Å². The van der Waals surface area contributed by atoms with Gasteiger partial charge in [-0.25, -0.2) is 0 Å². The molecule has 3 aromatic carbocycles. The second kappa shape index (κ2) is 30.1. The molecule has 0 saturated carbocycles. The molecule has 8 atom stereocenters. The van der Waals surface area contributed by atoms with E-state index < -0.39 is 139 Å². The van der Waals surface area contributed by atoms with Crippen molar-refractivity contribution in [2.24, 2.45) is 39.4 Å². The molecule has 2 fully saturated rings. The summed E-state index contributed by atoms with van der Waals surface area (Å²) in [6.45, 7) is -0.451. The molecule has 0 spiro atoms. The van der Waals surface area contributed by atoms with Crippen LogP contribution in [0, 0.1) is 0 Å². The average Bonchev–Trinajstić information content (AvgIpc) is 3.91. The summed E-state index contributed by atoms with van der Waals surface area (Å²) in [7, 11) is 2.00. The SMILES string of the molecule is NC(=O)CC[C@@H]1NC(=O)[C@@H](Cc2cccc3ccccc23)NC(=O)[C@H](Cc2ccc(O)cc2)NC(=O)[C@@H](N)CSSC[C@@H](C(=O)N2CCC[C@H]2C(=O)N[C@@H](CCCN=C(N)N)C(=O)NCC(N)=O)NC(=O)[C@H](CC(N)=O)NC1=O. The third-order valence-electron chi connectivity index (χ3n) is 12.7. The fraction of sp³-hybridized carbons (Fsp3) is 0.440. The fourth-order valence-corrected chi connectivity index (χ4v) is 10.9. The van der Waals surface area contributed by atoms with Gasteiger partial charge in [0.25, 0.3) is 0 Å². The topological polar surface area (TPSA) is 464 Å². The summed E-state index contributed by atoms with van der Waals surface area (Å²) >= 11 is 0. The number of phenolic OH excluding ortho intramolecular Hbond substituents is 1. The standard InChI is InChI=1S/C50H67N15O12S2/c51-31-24-78-79-25-37(49(77)65-19-5-11-38(65)48(76)60-32(10-4-18-57-50(55)56)43(71)58-23-41(54)69)64-47(75)36(22-40(53)68)63-44(72)33(16-17-39(52)67)59-46(74)35(21-28-8-3-7-27-6-1-2-9-30(27)28)62-45(73)34(61-42(31)70)20-26-12-14-29(66)15-13-26/h1-3,6-9,12-15,31-38,66H,4-5,10-11,16-25,51H2,(H2,52,67)(H2,53,68)(H2,54,69)(H,58,71)(H,59,74)(H,60,76)(H,61,70)(H,62,73)(H,63,72)(H,64,75)(H4,55,56,57)/t31-,32-,33-,34-,35+,36-,37-,38-/m0/s1. The number of carbonyl (C=O) groups excluding carboxylic acids is 11. The van der Waals surface area contributed by atoms with Crippen molar-refractivity contribution in [1.29, 1.82) is 0 Å². The lowest BCUT2D eigenvalue weighted by atomic mass is 9.97. The van der Waals surface area contributed by atoms with Gasteiger partial charge in [-0.3, -0.25) is 57.7 Å². The maximum atomic E-state index is 14.7. The van der Waals surface area contributed by atoms with Gasteiger partial charge in [0.1, 0.15) is 48.0 Å². The Kier molecular flexibility index (Phi) is 23.5. The first-order valence-electron chi connectivity index (χ1n) is 25.1. The van der Waals surface area contributed by atoms with E-state index in [4.69, 9.17) is 34.4 Å². The molecule has 0 unspecified atom stereocenters. The van der Waals surface area contributed by atoms with E-state index in [9.17, 15) is 57.8 Å². The minimum atomic E-state index is -1.81. The second-order valence-electron chi connectivity index (χ2n) is 18.8. The van der Waals surface area contributed by atoms with Gasteiger partial charge in [-0.1, -0.05) is 76.2 Å². The highest BCUT2D eigenvalue weighted by Gasteiger charge is 2.41. The van der Waals surface area contributed by atoms with Crippen molar-refractivity contribution < 1.29 is 57.8 Å². The highest BCUT2D eigenvalue weighted by atomic mass is 33.1. The summed E-state index contributed by atoms with van der Waals surface area (Å²) in [4.78, 5) is 155. The number of hydrogen-bond acceptors (Lipinski definition) is 16. The van der Waals surface area contributed by atoms with Crippen molar-refractivity contribution in [3.05, 3.63) is 77.9 Å². The van der Waals surface area contributed by atoms with E-state index in [1.54, 1.807) is 18.2 Å². The van der Waals surface area contributed by atoms with Crippen molar-refractivity contribution in [3.8, 4) is 5.75 Å². The van der Waals surface area contributed by atoms with Crippen LogP contribution >= 0.6 is 21.6 Å². The van der Waals surface area contributed by atoms with Crippen LogP contribution < -0.4 is 71.6 Å². The van der Waals surface area contributed by atoms with Gasteiger partial charge >= 0.3 is 0 Å². The van der Waals surface area contributed by atoms with Gasteiger partial charge in [-0.15, -0.1) is 0 Å². The highest BCUT2D eigenvalue weighted by molar-refractivity contribution is 8.76. The lowest BCUT2D eigenvalue weighted by Crippen LogP contribution is -2.61. The van der Waals surface area contributed by atoms with Crippen LogP contribution in [0.4, 0.5) is 0 Å². The number of benzene rings is 3. The van der Waals surface area contributed by atoms with Gasteiger partial charge in [-0.2, -0.15) is 0 Å². The first kappa shape index (κ1) is 61.7. The van der Waals surface area contributed by atoms with Crippen molar-refractivity contribution in [2.45, 2.75) is 106 Å². The molecule has 426 valence electrons. The molecule has 0 radical (unpaired) electrons. The van der Waals surface area contributed by atoms with Gasteiger partial charge in [0.15, 0.2) is 5.96 Å². The Hall–Kier alpha value is -8.18. The zero-order chi connectivity index (χ0) is 57.8. The predicted octanol–water partition coefficient (Wildman–Crippen LogP) is -4.25. The molecule has 27 nitrogen and oxygen atoms in total. The predicted molar refractivity (Wildman–Crippen MR) is 293 cm³/mol. The first-order chi connectivity index (χ1) is 37.6. The summed E-state index contributed by atoms with van der Waals surface area (Å²) in [5.41, 5.74) is 34.6. The third kappa shape index (κ3) is 19.4. The molecular formula is C50H67N15O12S2. The number of primary amides is 3. The van der Waals surface area contributed by atoms with Crippen LogP contribution in [0.5, 0.6) is 5.75 Å². The van der Waals surface area contributed by atoms with E-state index in [-0.39, 0.29) is 68.4 Å². The maximum Gasteiger partial charge on any atom is 0.246 e. The number of aliphatic imine (C=N–C) groups is 1. The largest absolute Gasteiger partial charge is 0.508 e. The number of guanidine groups is 1. The number of nitrogens with two attached hydrogens (primary N) is 6. The Morgan fingerprint density at radius 3 is 2.01 bits per heavy atom. The van der Waals surface area contributed by atoms with E-state index in [2.05, 4.69) is 42.2 Å². The number of nitrogens with one attached hydrogen (secondary N) is 7. The average molecular weight is 1130 g/mol. The molecule has 5 rings (SSSR count). The van der Waals surface area contributed by atoms with E-state index in [1.165, 1.54) is 29.2 Å². The molecule has 2 saturated heterocycles. The smallest absolute Gasteiger partial charge is 0.246 e. The molecule has 2 aliphatic heterocycles. The fourth-order valence-electron chi connectivity index (χ4n) is 8.64. The summed E-state index contributed by atoms with van der Waals surface area (Å²) in [6, 6.07) is 6.82. The number of amides is 11. The maximum absolute atomic E-state index is 14.7. The number of nitrogens with zero attached hydrogens (tertiary/aromatic N) is 2. The minimum Gasteiger partial charge on any atom is -0.508 e. The van der Waals surface area contributed by atoms with Crippen LogP contribution in [0.3, 0.4) is 0 Å². The van der Waals surface area contributed by atoms with Crippen LogP contribution in [-0.2, 0) is 65.6 Å². The van der Waals surface area contributed by atoms with Crippen molar-refractivity contribution >= 4 is 103 Å². The first-order valence-corrected chi connectivity index (χ1v) is 27.6. The summed E-state index contributed by atoms with van der Waals surface area (Å²) < 4.78 is 0. The molecule has 11 amide bonds. The van der Waals surface area contributed by atoms with Crippen LogP contribution in [0.15, 0.2) is 71.7 Å². The Labute approximate surface area is 461 Å². The normalized spacial score (nSPS) is 22.1. The zero-order valence-corrected chi connectivity index (χ0v) is 44.6. The Balaban J connectivity index is 1.50. The lowest BCUT2D eigenvalue weighted by Gasteiger charge is -2.31. The van der Waals surface area contributed by atoms with Crippen LogP contribution in [-0.4, -0.2) is 160 Å². The minimum absolute atomic E-state index is 0.00150. The number of fused-ring (bicyclic) bond motifs is 1. The van der Waals surface area contributed by atoms with Gasteiger partial charge in [0.2, 0.25) is 65.0 Å². The van der Waals surface area contributed by atoms with E-state index in [0.29, 0.717) is 17.5 Å². The molecule has 0 bridgehead atoms. The number of carbonyl (C=O) groups is 11. The van der Waals surface area contributed by atoms with Gasteiger partial charge in [-0.05, 0) is 66.1 Å². The van der Waals surface area contributed by atoms with E-state index in [0.717, 1.165) is 32.4 Å². The highest BCUT2D eigenvalue weighted by Crippen LogP contribution is 2.26. The van der Waals surface area contributed by atoms with Crippen molar-refractivity contribution in [1.82, 2.24) is 42.1 Å². The Morgan fingerprint density at radius 1 is 0.709 bits per heavy atom. The second-order valence-corrected chi connectivity index (χ2v) is 21.3. The van der Waals surface area contributed by atoms with Crippen LogP contribution in [0.1, 0.15) is 56.1 Å².